The van der Waals surface area contributed by atoms with Crippen LogP contribution in [-0.4, -0.2) is 7.11 Å². The van der Waals surface area contributed by atoms with Crippen molar-refractivity contribution >= 4 is 15.9 Å². The molecule has 2 rings (SSSR count). The van der Waals surface area contributed by atoms with Gasteiger partial charge in [0, 0.05) is 16.1 Å². The quantitative estimate of drug-likeness (QED) is 0.927. The van der Waals surface area contributed by atoms with Crippen molar-refractivity contribution in [2.24, 2.45) is 5.73 Å². The third-order valence-corrected chi connectivity index (χ3v) is 3.45. The summed E-state index contributed by atoms with van der Waals surface area (Å²) in [4.78, 5) is 0. The van der Waals surface area contributed by atoms with E-state index < -0.39 is 0 Å². The van der Waals surface area contributed by atoms with Gasteiger partial charge in [-0.3, -0.25) is 0 Å². The van der Waals surface area contributed by atoms with Crippen LogP contribution in [0.15, 0.2) is 46.9 Å². The van der Waals surface area contributed by atoms with Crippen LogP contribution in [0.5, 0.6) is 5.75 Å². The molecule has 0 fully saturated rings. The van der Waals surface area contributed by atoms with Crippen LogP contribution in [0, 0.1) is 5.82 Å². The first-order valence-corrected chi connectivity index (χ1v) is 6.73. The molecule has 0 saturated heterocycles. The first kappa shape index (κ1) is 14.0. The number of halogens is 2. The third kappa shape index (κ3) is 3.55. The molecule has 2 aromatic carbocycles. The van der Waals surface area contributed by atoms with Crippen LogP contribution in [0.4, 0.5) is 4.39 Å². The second kappa shape index (κ2) is 6.17. The van der Waals surface area contributed by atoms with Crippen LogP contribution in [0.1, 0.15) is 17.2 Å². The largest absolute Gasteiger partial charge is 0.496 e. The molecule has 1 atom stereocenters. The van der Waals surface area contributed by atoms with Crippen molar-refractivity contribution in [2.75, 3.05) is 7.11 Å². The zero-order valence-corrected chi connectivity index (χ0v) is 12.2. The van der Waals surface area contributed by atoms with Crippen molar-refractivity contribution in [1.82, 2.24) is 0 Å². The molecular weight excluding hydrogens is 309 g/mol. The minimum absolute atomic E-state index is 0.196. The van der Waals surface area contributed by atoms with E-state index in [0.29, 0.717) is 6.42 Å². The molecule has 0 saturated carbocycles. The average molecular weight is 324 g/mol. The third-order valence-electron chi connectivity index (χ3n) is 2.96. The molecular formula is C15H15BrFNO. The first-order chi connectivity index (χ1) is 9.10. The maximum Gasteiger partial charge on any atom is 0.123 e. The zero-order valence-electron chi connectivity index (χ0n) is 10.6. The smallest absolute Gasteiger partial charge is 0.123 e. The van der Waals surface area contributed by atoms with Crippen molar-refractivity contribution in [3.8, 4) is 5.75 Å². The molecule has 0 aromatic heterocycles. The summed E-state index contributed by atoms with van der Waals surface area (Å²) in [5.41, 5.74) is 8.14. The SMILES string of the molecule is COc1ccc(Br)cc1C(N)Cc1ccc(F)cc1. The van der Waals surface area contributed by atoms with Crippen molar-refractivity contribution in [3.05, 3.63) is 63.9 Å². The molecule has 0 spiro atoms. The highest BCUT2D eigenvalue weighted by Crippen LogP contribution is 2.29. The molecule has 2 aromatic rings. The Morgan fingerprint density at radius 3 is 2.53 bits per heavy atom. The molecule has 0 radical (unpaired) electrons. The summed E-state index contributed by atoms with van der Waals surface area (Å²) < 4.78 is 19.1. The fraction of sp³-hybridized carbons (Fsp3) is 0.200. The van der Waals surface area contributed by atoms with E-state index in [1.165, 1.54) is 12.1 Å². The van der Waals surface area contributed by atoms with Crippen molar-refractivity contribution < 1.29 is 9.13 Å². The van der Waals surface area contributed by atoms with Gasteiger partial charge in [0.05, 0.1) is 7.11 Å². The molecule has 0 amide bonds. The molecule has 4 heteroatoms. The minimum atomic E-state index is -0.239. The Labute approximate surface area is 120 Å². The van der Waals surface area contributed by atoms with Gasteiger partial charge in [-0.1, -0.05) is 28.1 Å². The average Bonchev–Trinajstić information content (AvgIpc) is 2.41. The van der Waals surface area contributed by atoms with Crippen LogP contribution in [-0.2, 0) is 6.42 Å². The molecule has 100 valence electrons. The Hall–Kier alpha value is -1.39. The highest BCUT2D eigenvalue weighted by atomic mass is 79.9. The highest BCUT2D eigenvalue weighted by molar-refractivity contribution is 9.10. The van der Waals surface area contributed by atoms with Gasteiger partial charge >= 0.3 is 0 Å². The number of benzene rings is 2. The van der Waals surface area contributed by atoms with Crippen molar-refractivity contribution in [1.29, 1.82) is 0 Å². The van der Waals surface area contributed by atoms with E-state index in [2.05, 4.69) is 15.9 Å². The Kier molecular flexibility index (Phi) is 4.56. The van der Waals surface area contributed by atoms with Crippen molar-refractivity contribution in [3.63, 3.8) is 0 Å². The molecule has 0 aliphatic carbocycles. The van der Waals surface area contributed by atoms with E-state index in [4.69, 9.17) is 10.5 Å². The van der Waals surface area contributed by atoms with Gasteiger partial charge in [-0.05, 0) is 42.3 Å². The summed E-state index contributed by atoms with van der Waals surface area (Å²) in [6.45, 7) is 0. The highest BCUT2D eigenvalue weighted by Gasteiger charge is 2.13. The van der Waals surface area contributed by atoms with E-state index in [1.54, 1.807) is 19.2 Å². The molecule has 0 aliphatic heterocycles. The summed E-state index contributed by atoms with van der Waals surface area (Å²) in [5.74, 6) is 0.523. The summed E-state index contributed by atoms with van der Waals surface area (Å²) >= 11 is 3.43. The maximum absolute atomic E-state index is 12.9. The standard InChI is InChI=1S/C15H15BrFNO/c1-19-15-7-4-11(16)9-13(15)14(18)8-10-2-5-12(17)6-3-10/h2-7,9,14H,8,18H2,1H3. The van der Waals surface area contributed by atoms with E-state index in [-0.39, 0.29) is 11.9 Å². The van der Waals surface area contributed by atoms with E-state index in [1.807, 2.05) is 18.2 Å². The van der Waals surface area contributed by atoms with Gasteiger partial charge < -0.3 is 10.5 Å². The van der Waals surface area contributed by atoms with Gasteiger partial charge in [0.2, 0.25) is 0 Å². The van der Waals surface area contributed by atoms with Crippen LogP contribution in [0.2, 0.25) is 0 Å². The number of hydrogen-bond acceptors (Lipinski definition) is 2. The molecule has 2 N–H and O–H groups in total. The van der Waals surface area contributed by atoms with E-state index in [9.17, 15) is 4.39 Å². The molecule has 2 nitrogen and oxygen atoms in total. The lowest BCUT2D eigenvalue weighted by atomic mass is 9.99. The first-order valence-electron chi connectivity index (χ1n) is 5.93. The van der Waals surface area contributed by atoms with Gasteiger partial charge in [-0.15, -0.1) is 0 Å². The van der Waals surface area contributed by atoms with Crippen LogP contribution in [0.25, 0.3) is 0 Å². The summed E-state index contributed by atoms with van der Waals surface area (Å²) in [6, 6.07) is 11.9. The van der Waals surface area contributed by atoms with Gasteiger partial charge in [-0.25, -0.2) is 4.39 Å². The second-order valence-corrected chi connectivity index (χ2v) is 5.24. The van der Waals surface area contributed by atoms with Crippen LogP contribution >= 0.6 is 15.9 Å². The fourth-order valence-corrected chi connectivity index (χ4v) is 2.36. The number of rotatable bonds is 4. The fourth-order valence-electron chi connectivity index (χ4n) is 1.98. The van der Waals surface area contributed by atoms with E-state index >= 15 is 0 Å². The lowest BCUT2D eigenvalue weighted by Gasteiger charge is -2.16. The predicted octanol–water partition coefficient (Wildman–Crippen LogP) is 3.84. The summed E-state index contributed by atoms with van der Waals surface area (Å²) in [7, 11) is 1.62. The Morgan fingerprint density at radius 2 is 1.89 bits per heavy atom. The Balaban J connectivity index is 2.21. The molecule has 0 bridgehead atoms. The monoisotopic (exact) mass is 323 g/mol. The molecule has 19 heavy (non-hydrogen) atoms. The molecule has 0 heterocycles. The molecule has 0 aliphatic rings. The number of methoxy groups -OCH3 is 1. The topological polar surface area (TPSA) is 35.2 Å². The van der Waals surface area contributed by atoms with Gasteiger partial charge in [-0.2, -0.15) is 0 Å². The lowest BCUT2D eigenvalue weighted by molar-refractivity contribution is 0.405. The zero-order chi connectivity index (χ0) is 13.8. The normalized spacial score (nSPS) is 12.2. The Bertz CT molecular complexity index is 557. The maximum atomic E-state index is 12.9. The summed E-state index contributed by atoms with van der Waals surface area (Å²) in [5, 5.41) is 0. The van der Waals surface area contributed by atoms with Crippen LogP contribution in [0.3, 0.4) is 0 Å². The second-order valence-electron chi connectivity index (χ2n) is 4.32. The number of ether oxygens (including phenoxy) is 1. The molecule has 1 unspecified atom stereocenters. The van der Waals surface area contributed by atoms with Gasteiger partial charge in [0.15, 0.2) is 0 Å². The predicted molar refractivity (Wildman–Crippen MR) is 77.7 cm³/mol. The number of nitrogens with two attached hydrogens (primary N) is 1. The minimum Gasteiger partial charge on any atom is -0.496 e. The Morgan fingerprint density at radius 1 is 1.21 bits per heavy atom. The van der Waals surface area contributed by atoms with Gasteiger partial charge in [0.25, 0.3) is 0 Å². The van der Waals surface area contributed by atoms with Crippen molar-refractivity contribution in [2.45, 2.75) is 12.5 Å². The van der Waals surface area contributed by atoms with Crippen LogP contribution < -0.4 is 10.5 Å². The van der Waals surface area contributed by atoms with Gasteiger partial charge in [0.1, 0.15) is 11.6 Å². The van der Waals surface area contributed by atoms with E-state index in [0.717, 1.165) is 21.3 Å². The lowest BCUT2D eigenvalue weighted by Crippen LogP contribution is -2.14. The summed E-state index contributed by atoms with van der Waals surface area (Å²) in [6.07, 6.45) is 0.632. The number of hydrogen-bond donors (Lipinski definition) is 1.